The van der Waals surface area contributed by atoms with E-state index < -0.39 is 0 Å². The van der Waals surface area contributed by atoms with Crippen LogP contribution in [0.2, 0.25) is 5.15 Å². The van der Waals surface area contributed by atoms with Gasteiger partial charge in [0.2, 0.25) is 0 Å². The lowest BCUT2D eigenvalue weighted by atomic mass is 10.1. The Hall–Kier alpha value is -2.84. The molecule has 0 bridgehead atoms. The average Bonchev–Trinajstić information content (AvgIpc) is 2.55. The minimum Gasteiger partial charge on any atom is -0.244 e. The Labute approximate surface area is 125 Å². The van der Waals surface area contributed by atoms with Gasteiger partial charge in [0.1, 0.15) is 18.0 Å². The van der Waals surface area contributed by atoms with E-state index >= 15 is 0 Å². The molecular weight excluding hydrogens is 286 g/mol. The molecule has 0 aliphatic rings. The molecule has 0 radical (unpaired) electrons. The van der Waals surface area contributed by atoms with Crippen LogP contribution in [0.4, 0.5) is 0 Å². The Bertz CT molecular complexity index is 813. The fraction of sp³-hybridized carbons (Fsp3) is 0. The molecule has 0 fully saturated rings. The summed E-state index contributed by atoms with van der Waals surface area (Å²) in [5.41, 5.74) is 2.19. The molecule has 0 aliphatic carbocycles. The number of halogens is 1. The third kappa shape index (κ3) is 2.57. The highest BCUT2D eigenvalue weighted by atomic mass is 35.5. The summed E-state index contributed by atoms with van der Waals surface area (Å²) in [5, 5.41) is 9.40. The van der Waals surface area contributed by atoms with Crippen molar-refractivity contribution in [1.29, 1.82) is 5.26 Å². The Morgan fingerprint density at radius 2 is 1.67 bits per heavy atom. The smallest absolute Gasteiger partial charge is 0.164 e. The first-order chi connectivity index (χ1) is 10.3. The van der Waals surface area contributed by atoms with Gasteiger partial charge in [0.15, 0.2) is 11.0 Å². The Balaban J connectivity index is 2.24. The monoisotopic (exact) mass is 293 g/mol. The summed E-state index contributed by atoms with van der Waals surface area (Å²) < 4.78 is 0. The first-order valence-electron chi connectivity index (χ1n) is 6.08. The maximum atomic E-state index is 9.28. The molecule has 0 aliphatic heterocycles. The van der Waals surface area contributed by atoms with E-state index in [-0.39, 0.29) is 10.7 Å². The standard InChI is InChI=1S/C15H8ClN5/c16-14-12(6-17)13(10-4-2-1-3-5-10)20-15(21-14)11-7-18-9-19-8-11/h1-5,7-9H. The van der Waals surface area contributed by atoms with E-state index in [0.29, 0.717) is 17.1 Å². The van der Waals surface area contributed by atoms with Crippen LogP contribution in [0, 0.1) is 11.3 Å². The van der Waals surface area contributed by atoms with Crippen molar-refractivity contribution in [2.75, 3.05) is 0 Å². The lowest BCUT2D eigenvalue weighted by Gasteiger charge is -2.07. The summed E-state index contributed by atoms with van der Waals surface area (Å²) >= 11 is 6.12. The zero-order chi connectivity index (χ0) is 14.7. The molecule has 6 heteroatoms. The van der Waals surface area contributed by atoms with Crippen molar-refractivity contribution in [3.05, 3.63) is 59.8 Å². The second kappa shape index (κ2) is 5.65. The van der Waals surface area contributed by atoms with Gasteiger partial charge in [-0.05, 0) is 0 Å². The van der Waals surface area contributed by atoms with Crippen molar-refractivity contribution in [3.63, 3.8) is 0 Å². The zero-order valence-electron chi connectivity index (χ0n) is 10.7. The number of nitrogens with zero attached hydrogens (tertiary/aromatic N) is 5. The van der Waals surface area contributed by atoms with Crippen molar-refractivity contribution < 1.29 is 0 Å². The molecule has 100 valence electrons. The van der Waals surface area contributed by atoms with Gasteiger partial charge in [-0.15, -0.1) is 0 Å². The largest absolute Gasteiger partial charge is 0.244 e. The Morgan fingerprint density at radius 3 is 2.33 bits per heavy atom. The van der Waals surface area contributed by atoms with Gasteiger partial charge in [0.05, 0.1) is 11.3 Å². The van der Waals surface area contributed by atoms with Crippen molar-refractivity contribution >= 4 is 11.6 Å². The van der Waals surface area contributed by atoms with Crippen LogP contribution in [0.15, 0.2) is 49.1 Å². The molecule has 21 heavy (non-hydrogen) atoms. The molecule has 0 saturated heterocycles. The molecule has 0 atom stereocenters. The molecule has 2 aromatic heterocycles. The predicted octanol–water partition coefficient (Wildman–Crippen LogP) is 3.13. The van der Waals surface area contributed by atoms with Crippen LogP contribution in [-0.4, -0.2) is 19.9 Å². The number of aromatic nitrogens is 4. The molecule has 1 aromatic carbocycles. The third-order valence-corrected chi connectivity index (χ3v) is 3.12. The lowest BCUT2D eigenvalue weighted by Crippen LogP contribution is -1.98. The van der Waals surface area contributed by atoms with Crippen LogP contribution >= 0.6 is 11.6 Å². The normalized spacial score (nSPS) is 10.1. The van der Waals surface area contributed by atoms with Crippen LogP contribution in [0.25, 0.3) is 22.6 Å². The molecule has 0 spiro atoms. The molecule has 3 rings (SSSR count). The van der Waals surface area contributed by atoms with E-state index in [1.54, 1.807) is 12.4 Å². The first kappa shape index (κ1) is 13.2. The van der Waals surface area contributed by atoms with Gasteiger partial charge in [0.25, 0.3) is 0 Å². The second-order valence-electron chi connectivity index (χ2n) is 4.17. The SMILES string of the molecule is N#Cc1c(Cl)nc(-c2cncnc2)nc1-c1ccccc1. The average molecular weight is 294 g/mol. The maximum Gasteiger partial charge on any atom is 0.164 e. The van der Waals surface area contributed by atoms with E-state index in [4.69, 9.17) is 11.6 Å². The van der Waals surface area contributed by atoms with Crippen molar-refractivity contribution in [1.82, 2.24) is 19.9 Å². The van der Waals surface area contributed by atoms with Crippen LogP contribution in [0.3, 0.4) is 0 Å². The summed E-state index contributed by atoms with van der Waals surface area (Å²) in [4.78, 5) is 16.5. The van der Waals surface area contributed by atoms with E-state index in [0.717, 1.165) is 5.56 Å². The van der Waals surface area contributed by atoms with Crippen LogP contribution in [-0.2, 0) is 0 Å². The summed E-state index contributed by atoms with van der Waals surface area (Å²) in [5.74, 6) is 0.387. The van der Waals surface area contributed by atoms with Crippen LogP contribution < -0.4 is 0 Å². The molecule has 2 heterocycles. The number of nitriles is 1. The lowest BCUT2D eigenvalue weighted by molar-refractivity contribution is 1.12. The number of hydrogen-bond donors (Lipinski definition) is 0. The molecular formula is C15H8ClN5. The summed E-state index contributed by atoms with van der Waals surface area (Å²) in [6, 6.07) is 11.4. The number of hydrogen-bond acceptors (Lipinski definition) is 5. The fourth-order valence-electron chi connectivity index (χ4n) is 1.88. The topological polar surface area (TPSA) is 75.3 Å². The van der Waals surface area contributed by atoms with Gasteiger partial charge in [-0.3, -0.25) is 0 Å². The maximum absolute atomic E-state index is 9.28. The zero-order valence-corrected chi connectivity index (χ0v) is 11.5. The van der Waals surface area contributed by atoms with Crippen LogP contribution in [0.1, 0.15) is 5.56 Å². The van der Waals surface area contributed by atoms with E-state index in [1.165, 1.54) is 6.33 Å². The van der Waals surface area contributed by atoms with Crippen molar-refractivity contribution in [2.45, 2.75) is 0 Å². The van der Waals surface area contributed by atoms with Crippen molar-refractivity contribution in [2.24, 2.45) is 0 Å². The predicted molar refractivity (Wildman–Crippen MR) is 78.2 cm³/mol. The molecule has 0 unspecified atom stereocenters. The summed E-state index contributed by atoms with van der Waals surface area (Å²) in [6.45, 7) is 0. The van der Waals surface area contributed by atoms with Gasteiger partial charge in [-0.2, -0.15) is 5.26 Å². The van der Waals surface area contributed by atoms with E-state index in [2.05, 4.69) is 26.0 Å². The molecule has 3 aromatic rings. The van der Waals surface area contributed by atoms with E-state index in [1.807, 2.05) is 30.3 Å². The van der Waals surface area contributed by atoms with Gasteiger partial charge in [-0.25, -0.2) is 19.9 Å². The number of benzene rings is 1. The van der Waals surface area contributed by atoms with Gasteiger partial charge in [-0.1, -0.05) is 41.9 Å². The summed E-state index contributed by atoms with van der Waals surface area (Å²) in [6.07, 6.45) is 4.62. The Kier molecular flexibility index (Phi) is 3.54. The van der Waals surface area contributed by atoms with Gasteiger partial charge in [0, 0.05) is 18.0 Å². The first-order valence-corrected chi connectivity index (χ1v) is 6.46. The fourth-order valence-corrected chi connectivity index (χ4v) is 2.09. The molecule has 5 nitrogen and oxygen atoms in total. The minimum absolute atomic E-state index is 0.116. The molecule has 0 amide bonds. The van der Waals surface area contributed by atoms with Crippen LogP contribution in [0.5, 0.6) is 0 Å². The highest BCUT2D eigenvalue weighted by Gasteiger charge is 2.15. The highest BCUT2D eigenvalue weighted by Crippen LogP contribution is 2.28. The minimum atomic E-state index is 0.116. The van der Waals surface area contributed by atoms with Crippen molar-refractivity contribution in [3.8, 4) is 28.7 Å². The second-order valence-corrected chi connectivity index (χ2v) is 4.52. The highest BCUT2D eigenvalue weighted by molar-refractivity contribution is 6.31. The number of rotatable bonds is 2. The third-order valence-electron chi connectivity index (χ3n) is 2.84. The quantitative estimate of drug-likeness (QED) is 0.679. The Morgan fingerprint density at radius 1 is 0.952 bits per heavy atom. The molecule has 0 saturated carbocycles. The van der Waals surface area contributed by atoms with E-state index in [9.17, 15) is 5.26 Å². The van der Waals surface area contributed by atoms with Gasteiger partial charge >= 0.3 is 0 Å². The molecule has 0 N–H and O–H groups in total. The summed E-state index contributed by atoms with van der Waals surface area (Å²) in [7, 11) is 0. The van der Waals surface area contributed by atoms with Gasteiger partial charge < -0.3 is 0 Å².